The summed E-state index contributed by atoms with van der Waals surface area (Å²) < 4.78 is 10.1. The summed E-state index contributed by atoms with van der Waals surface area (Å²) in [4.78, 5) is 9.81. The van der Waals surface area contributed by atoms with E-state index in [0.717, 1.165) is 13.2 Å². The number of carbonyl (C=O) groups is 1. The molecule has 5 nitrogen and oxygen atoms in total. The first-order valence-electron chi connectivity index (χ1n) is 6.37. The van der Waals surface area contributed by atoms with E-state index in [2.05, 4.69) is 0 Å². The van der Waals surface area contributed by atoms with Crippen LogP contribution < -0.4 is 0 Å². The van der Waals surface area contributed by atoms with E-state index in [1.54, 1.807) is 6.92 Å². The summed E-state index contributed by atoms with van der Waals surface area (Å²) in [6.45, 7) is 12.1. The van der Waals surface area contributed by atoms with Crippen molar-refractivity contribution in [2.45, 2.75) is 60.4 Å². The Labute approximate surface area is 111 Å². The molecule has 0 rings (SSSR count). The van der Waals surface area contributed by atoms with E-state index in [0.29, 0.717) is 6.42 Å². The van der Waals surface area contributed by atoms with E-state index in [1.165, 1.54) is 6.92 Å². The molecule has 0 fully saturated rings. The molecule has 0 aromatic carbocycles. The van der Waals surface area contributed by atoms with Gasteiger partial charge >= 0.3 is 0 Å². The highest BCUT2D eigenvalue weighted by molar-refractivity contribution is 5.74. The molecule has 0 bridgehead atoms. The summed E-state index contributed by atoms with van der Waals surface area (Å²) in [6, 6.07) is 0. The molecule has 1 unspecified atom stereocenters. The quantitative estimate of drug-likeness (QED) is 0.716. The summed E-state index contributed by atoms with van der Waals surface area (Å²) in [6.07, 6.45) is 0.0694. The van der Waals surface area contributed by atoms with E-state index in [9.17, 15) is 4.79 Å². The van der Waals surface area contributed by atoms with Gasteiger partial charge in [-0.3, -0.25) is 0 Å². The zero-order chi connectivity index (χ0) is 15.0. The summed E-state index contributed by atoms with van der Waals surface area (Å²) in [7, 11) is 0. The molecule has 0 aromatic heterocycles. The first-order valence-corrected chi connectivity index (χ1v) is 6.37. The second kappa shape index (κ2) is 18.9. The van der Waals surface area contributed by atoms with E-state index >= 15 is 0 Å². The predicted octanol–water partition coefficient (Wildman–Crippen LogP) is 1.75. The third-order valence-corrected chi connectivity index (χ3v) is 1.56. The molecule has 0 saturated heterocycles. The molecule has 2 N–H and O–H groups in total. The van der Waals surface area contributed by atoms with Gasteiger partial charge in [0, 0.05) is 19.6 Å². The fourth-order valence-electron chi connectivity index (χ4n) is 0.518. The fraction of sp³-hybridized carbons (Fsp3) is 0.923. The minimum atomic E-state index is -0.560. The number of hydrogen-bond donors (Lipinski definition) is 2. The Kier molecular flexibility index (Phi) is 23.8. The number of ether oxygens (including phenoxy) is 2. The van der Waals surface area contributed by atoms with Gasteiger partial charge in [-0.1, -0.05) is 6.92 Å². The average molecular weight is 266 g/mol. The van der Waals surface area contributed by atoms with Gasteiger partial charge in [-0.15, -0.1) is 0 Å². The zero-order valence-corrected chi connectivity index (χ0v) is 12.6. The van der Waals surface area contributed by atoms with Crippen LogP contribution in [0.25, 0.3) is 0 Å². The number of Topliss-reactive ketones (excluding diaryl/α,β-unsaturated/α-hetero) is 1. The smallest absolute Gasteiger partial charge is 0.154 e. The van der Waals surface area contributed by atoms with E-state index in [1.807, 2.05) is 27.7 Å². The first kappa shape index (κ1) is 22.7. The maximum atomic E-state index is 9.81. The van der Waals surface area contributed by atoms with Crippen molar-refractivity contribution in [1.82, 2.24) is 0 Å². The SMILES string of the molecule is CC(O)CO.CCC(C)=O.CCOC(C)OCC. The van der Waals surface area contributed by atoms with Crippen LogP contribution in [-0.4, -0.2) is 48.2 Å². The third kappa shape index (κ3) is 36.1. The van der Waals surface area contributed by atoms with Crippen molar-refractivity contribution in [2.24, 2.45) is 0 Å². The van der Waals surface area contributed by atoms with Crippen molar-refractivity contribution in [1.29, 1.82) is 0 Å². The molecule has 0 amide bonds. The molecule has 0 spiro atoms. The summed E-state index contributed by atoms with van der Waals surface area (Å²) in [5.41, 5.74) is 0. The van der Waals surface area contributed by atoms with Gasteiger partial charge in [0.2, 0.25) is 0 Å². The van der Waals surface area contributed by atoms with Crippen molar-refractivity contribution in [3.05, 3.63) is 0 Å². The molecule has 0 saturated carbocycles. The topological polar surface area (TPSA) is 76.0 Å². The maximum absolute atomic E-state index is 9.81. The molecule has 0 aromatic rings. The lowest BCUT2D eigenvalue weighted by Gasteiger charge is -2.09. The van der Waals surface area contributed by atoms with Crippen LogP contribution >= 0.6 is 0 Å². The molecule has 0 heterocycles. The second-order valence-corrected chi connectivity index (χ2v) is 3.57. The van der Waals surface area contributed by atoms with Gasteiger partial charge in [-0.2, -0.15) is 0 Å². The van der Waals surface area contributed by atoms with E-state index in [4.69, 9.17) is 19.7 Å². The van der Waals surface area contributed by atoms with Gasteiger partial charge in [0.15, 0.2) is 6.29 Å². The molecule has 0 aliphatic heterocycles. The number of rotatable bonds is 6. The largest absolute Gasteiger partial charge is 0.394 e. The van der Waals surface area contributed by atoms with Gasteiger partial charge < -0.3 is 24.5 Å². The van der Waals surface area contributed by atoms with E-state index in [-0.39, 0.29) is 18.7 Å². The Morgan fingerprint density at radius 3 is 1.50 bits per heavy atom. The van der Waals surface area contributed by atoms with Crippen LogP contribution in [0.5, 0.6) is 0 Å². The molecule has 0 aliphatic rings. The molecule has 18 heavy (non-hydrogen) atoms. The average Bonchev–Trinajstić information content (AvgIpc) is 2.31. The van der Waals surface area contributed by atoms with Crippen molar-refractivity contribution in [3.63, 3.8) is 0 Å². The number of carbonyl (C=O) groups excluding carboxylic acids is 1. The summed E-state index contributed by atoms with van der Waals surface area (Å²) >= 11 is 0. The molecule has 0 aliphatic carbocycles. The van der Waals surface area contributed by atoms with Crippen molar-refractivity contribution >= 4 is 5.78 Å². The van der Waals surface area contributed by atoms with Crippen LogP contribution in [0.3, 0.4) is 0 Å². The molecular formula is C13H30O5. The first-order chi connectivity index (χ1) is 8.35. The Hall–Kier alpha value is -0.490. The number of aliphatic hydroxyl groups is 2. The standard InChI is InChI=1S/C6H14O2.C4H8O.C3H8O2/c1-4-7-6(3)8-5-2;1-3-4(2)5;1-3(5)2-4/h6H,4-5H2,1-3H3;3H2,1-2H3;3-5H,2H2,1H3. The minimum Gasteiger partial charge on any atom is -0.394 e. The highest BCUT2D eigenvalue weighted by Gasteiger charge is 1.94. The van der Waals surface area contributed by atoms with Gasteiger partial charge in [-0.25, -0.2) is 0 Å². The minimum absolute atomic E-state index is 0.0370. The van der Waals surface area contributed by atoms with Crippen LogP contribution in [0, 0.1) is 0 Å². The molecule has 5 heteroatoms. The second-order valence-electron chi connectivity index (χ2n) is 3.57. The molecule has 112 valence electrons. The third-order valence-electron chi connectivity index (χ3n) is 1.56. The predicted molar refractivity (Wildman–Crippen MR) is 72.5 cm³/mol. The summed E-state index contributed by atoms with van der Waals surface area (Å²) in [5.74, 6) is 0.255. The van der Waals surface area contributed by atoms with Crippen LogP contribution in [0.1, 0.15) is 48.0 Å². The van der Waals surface area contributed by atoms with Crippen molar-refractivity contribution in [2.75, 3.05) is 19.8 Å². The molecular weight excluding hydrogens is 236 g/mol. The lowest BCUT2D eigenvalue weighted by atomic mass is 10.4. The lowest BCUT2D eigenvalue weighted by molar-refractivity contribution is -0.123. The Bertz CT molecular complexity index is 153. The van der Waals surface area contributed by atoms with Crippen LogP contribution in [0.4, 0.5) is 0 Å². The number of hydrogen-bond acceptors (Lipinski definition) is 5. The lowest BCUT2D eigenvalue weighted by Crippen LogP contribution is -2.11. The van der Waals surface area contributed by atoms with Gasteiger partial charge in [0.05, 0.1) is 12.7 Å². The monoisotopic (exact) mass is 266 g/mol. The molecule has 1 atom stereocenters. The van der Waals surface area contributed by atoms with Gasteiger partial charge in [-0.05, 0) is 34.6 Å². The highest BCUT2D eigenvalue weighted by Crippen LogP contribution is 1.90. The maximum Gasteiger partial charge on any atom is 0.154 e. The Morgan fingerprint density at radius 1 is 1.11 bits per heavy atom. The van der Waals surface area contributed by atoms with Gasteiger partial charge in [0.1, 0.15) is 5.78 Å². The normalized spacial score (nSPS) is 10.9. The van der Waals surface area contributed by atoms with E-state index < -0.39 is 6.10 Å². The fourth-order valence-corrected chi connectivity index (χ4v) is 0.518. The Morgan fingerprint density at radius 2 is 1.39 bits per heavy atom. The number of ketones is 1. The van der Waals surface area contributed by atoms with Crippen LogP contribution in [-0.2, 0) is 14.3 Å². The number of aliphatic hydroxyl groups excluding tert-OH is 2. The van der Waals surface area contributed by atoms with Crippen LogP contribution in [0.15, 0.2) is 0 Å². The van der Waals surface area contributed by atoms with Crippen LogP contribution in [0.2, 0.25) is 0 Å². The molecule has 0 radical (unpaired) electrons. The summed E-state index contributed by atoms with van der Waals surface area (Å²) in [5, 5.41) is 16.0. The highest BCUT2D eigenvalue weighted by atomic mass is 16.7. The van der Waals surface area contributed by atoms with Gasteiger partial charge in [0.25, 0.3) is 0 Å². The zero-order valence-electron chi connectivity index (χ0n) is 12.6. The Balaban J connectivity index is -0.000000197. The van der Waals surface area contributed by atoms with Crippen molar-refractivity contribution in [3.8, 4) is 0 Å². The van der Waals surface area contributed by atoms with Crippen molar-refractivity contribution < 1.29 is 24.5 Å².